The summed E-state index contributed by atoms with van der Waals surface area (Å²) in [6.07, 6.45) is 2.84. The third kappa shape index (κ3) is 4.03. The van der Waals surface area contributed by atoms with Gasteiger partial charge in [-0.3, -0.25) is 0 Å². The lowest BCUT2D eigenvalue weighted by Crippen LogP contribution is -2.04. The maximum Gasteiger partial charge on any atom is 0.135 e. The fraction of sp³-hybridized carbons (Fsp3) is 0.333. The van der Waals surface area contributed by atoms with Crippen molar-refractivity contribution in [2.75, 3.05) is 12.4 Å². The van der Waals surface area contributed by atoms with Crippen molar-refractivity contribution in [3.8, 4) is 0 Å². The molecule has 1 aromatic heterocycles. The van der Waals surface area contributed by atoms with Crippen LogP contribution in [0.4, 0.5) is 5.82 Å². The summed E-state index contributed by atoms with van der Waals surface area (Å²) in [5.41, 5.74) is 2.32. The fourth-order valence-electron chi connectivity index (χ4n) is 1.97. The first-order valence-electron chi connectivity index (χ1n) is 6.50. The average molecular weight is 320 g/mol. The molecule has 0 radical (unpaired) electrons. The van der Waals surface area contributed by atoms with Crippen molar-refractivity contribution in [1.29, 1.82) is 0 Å². The minimum Gasteiger partial charge on any atom is -0.373 e. The second-order valence-electron chi connectivity index (χ2n) is 4.47. The minimum absolute atomic E-state index is 0.756. The van der Waals surface area contributed by atoms with Gasteiger partial charge >= 0.3 is 0 Å². The van der Waals surface area contributed by atoms with Crippen LogP contribution in [0.3, 0.4) is 0 Å². The Bertz CT molecular complexity index is 555. The average Bonchev–Trinajstić information content (AvgIpc) is 2.39. The molecule has 1 heterocycles. The van der Waals surface area contributed by atoms with Crippen molar-refractivity contribution in [3.63, 3.8) is 0 Å². The van der Waals surface area contributed by atoms with Gasteiger partial charge < -0.3 is 5.32 Å². The SMILES string of the molecule is CCCc1cc(NC)nc(Cc2cccc(Br)c2)n1. The van der Waals surface area contributed by atoms with Gasteiger partial charge in [0.1, 0.15) is 11.6 Å². The molecule has 0 aliphatic rings. The number of anilines is 1. The maximum atomic E-state index is 4.63. The molecule has 0 fully saturated rings. The van der Waals surface area contributed by atoms with Gasteiger partial charge in [-0.25, -0.2) is 9.97 Å². The molecule has 3 nitrogen and oxygen atoms in total. The van der Waals surface area contributed by atoms with E-state index in [2.05, 4.69) is 50.3 Å². The Hall–Kier alpha value is -1.42. The van der Waals surface area contributed by atoms with E-state index in [9.17, 15) is 0 Å². The van der Waals surface area contributed by atoms with E-state index in [0.29, 0.717) is 0 Å². The highest BCUT2D eigenvalue weighted by Crippen LogP contribution is 2.15. The molecular weight excluding hydrogens is 302 g/mol. The van der Waals surface area contributed by atoms with E-state index in [1.807, 2.05) is 25.2 Å². The second-order valence-corrected chi connectivity index (χ2v) is 5.38. The highest BCUT2D eigenvalue weighted by Gasteiger charge is 2.05. The lowest BCUT2D eigenvalue weighted by molar-refractivity contribution is 0.843. The summed E-state index contributed by atoms with van der Waals surface area (Å²) < 4.78 is 1.09. The van der Waals surface area contributed by atoms with E-state index < -0.39 is 0 Å². The first-order chi connectivity index (χ1) is 9.21. The topological polar surface area (TPSA) is 37.8 Å². The van der Waals surface area contributed by atoms with Crippen LogP contribution in [0, 0.1) is 0 Å². The number of halogens is 1. The number of aryl methyl sites for hydroxylation is 1. The zero-order valence-corrected chi connectivity index (χ0v) is 12.9. The van der Waals surface area contributed by atoms with Crippen LogP contribution >= 0.6 is 15.9 Å². The third-order valence-corrected chi connectivity index (χ3v) is 3.33. The van der Waals surface area contributed by atoms with Gasteiger partial charge in [-0.2, -0.15) is 0 Å². The van der Waals surface area contributed by atoms with Crippen LogP contribution in [0.5, 0.6) is 0 Å². The number of nitrogens with one attached hydrogen (secondary N) is 1. The van der Waals surface area contributed by atoms with E-state index in [4.69, 9.17) is 0 Å². The Morgan fingerprint density at radius 2 is 2.05 bits per heavy atom. The van der Waals surface area contributed by atoms with Crippen molar-refractivity contribution < 1.29 is 0 Å². The van der Waals surface area contributed by atoms with Gasteiger partial charge in [0.15, 0.2) is 0 Å². The molecule has 1 aromatic carbocycles. The number of hydrogen-bond donors (Lipinski definition) is 1. The van der Waals surface area contributed by atoms with Crippen molar-refractivity contribution in [2.45, 2.75) is 26.2 Å². The highest BCUT2D eigenvalue weighted by molar-refractivity contribution is 9.10. The largest absolute Gasteiger partial charge is 0.373 e. The van der Waals surface area contributed by atoms with Crippen molar-refractivity contribution in [1.82, 2.24) is 9.97 Å². The zero-order valence-electron chi connectivity index (χ0n) is 11.3. The van der Waals surface area contributed by atoms with Gasteiger partial charge in [0.05, 0.1) is 0 Å². The Balaban J connectivity index is 2.26. The maximum absolute atomic E-state index is 4.63. The first kappa shape index (κ1) is 14.0. The Morgan fingerprint density at radius 3 is 2.74 bits per heavy atom. The quantitative estimate of drug-likeness (QED) is 0.910. The standard InChI is InChI=1S/C15H18BrN3/c1-3-5-13-10-14(17-2)19-15(18-13)9-11-6-4-7-12(16)8-11/h4,6-8,10H,3,5,9H2,1-2H3,(H,17,18,19). The summed E-state index contributed by atoms with van der Waals surface area (Å²) in [5.74, 6) is 1.76. The Labute approximate surface area is 122 Å². The lowest BCUT2D eigenvalue weighted by Gasteiger charge is -2.07. The normalized spacial score (nSPS) is 10.5. The van der Waals surface area contributed by atoms with Crippen LogP contribution in [-0.4, -0.2) is 17.0 Å². The Morgan fingerprint density at radius 1 is 1.21 bits per heavy atom. The predicted octanol–water partition coefficient (Wildman–Crippen LogP) is 3.82. The summed E-state index contributed by atoms with van der Waals surface area (Å²) in [4.78, 5) is 9.15. The van der Waals surface area contributed by atoms with Gasteiger partial charge in [0, 0.05) is 29.7 Å². The predicted molar refractivity (Wildman–Crippen MR) is 82.5 cm³/mol. The second kappa shape index (κ2) is 6.66. The van der Waals surface area contributed by atoms with Crippen LogP contribution in [0.2, 0.25) is 0 Å². The molecule has 4 heteroatoms. The third-order valence-electron chi connectivity index (χ3n) is 2.84. The summed E-state index contributed by atoms with van der Waals surface area (Å²) in [6, 6.07) is 10.3. The number of rotatable bonds is 5. The minimum atomic E-state index is 0.756. The van der Waals surface area contributed by atoms with Crippen LogP contribution < -0.4 is 5.32 Å². The summed E-state index contributed by atoms with van der Waals surface area (Å²) in [6.45, 7) is 2.16. The summed E-state index contributed by atoms with van der Waals surface area (Å²) in [7, 11) is 1.89. The molecular formula is C15H18BrN3. The molecule has 0 saturated carbocycles. The van der Waals surface area contributed by atoms with Gasteiger partial charge in [0.2, 0.25) is 0 Å². The van der Waals surface area contributed by atoms with E-state index >= 15 is 0 Å². The lowest BCUT2D eigenvalue weighted by atomic mass is 10.1. The van der Waals surface area contributed by atoms with Crippen LogP contribution in [-0.2, 0) is 12.8 Å². The summed E-state index contributed by atoms with van der Waals surface area (Å²) in [5, 5.41) is 3.10. The number of benzene rings is 1. The van der Waals surface area contributed by atoms with Crippen LogP contribution in [0.1, 0.15) is 30.4 Å². The van der Waals surface area contributed by atoms with Crippen LogP contribution in [0.15, 0.2) is 34.8 Å². The van der Waals surface area contributed by atoms with Crippen molar-refractivity contribution >= 4 is 21.7 Å². The Kier molecular flexibility index (Phi) is 4.91. The van der Waals surface area contributed by atoms with E-state index in [-0.39, 0.29) is 0 Å². The van der Waals surface area contributed by atoms with Crippen LogP contribution in [0.25, 0.3) is 0 Å². The van der Waals surface area contributed by atoms with E-state index in [0.717, 1.165) is 41.1 Å². The van der Waals surface area contributed by atoms with E-state index in [1.165, 1.54) is 5.56 Å². The van der Waals surface area contributed by atoms with Crippen molar-refractivity contribution in [2.24, 2.45) is 0 Å². The molecule has 0 atom stereocenters. The molecule has 0 amide bonds. The zero-order chi connectivity index (χ0) is 13.7. The number of aromatic nitrogens is 2. The molecule has 0 bridgehead atoms. The first-order valence-corrected chi connectivity index (χ1v) is 7.29. The smallest absolute Gasteiger partial charge is 0.135 e. The molecule has 0 aliphatic heterocycles. The molecule has 0 spiro atoms. The molecule has 100 valence electrons. The monoisotopic (exact) mass is 319 g/mol. The molecule has 0 unspecified atom stereocenters. The molecule has 19 heavy (non-hydrogen) atoms. The molecule has 0 saturated heterocycles. The fourth-order valence-corrected chi connectivity index (χ4v) is 2.42. The molecule has 0 aliphatic carbocycles. The molecule has 2 aromatic rings. The highest BCUT2D eigenvalue weighted by atomic mass is 79.9. The molecule has 2 rings (SSSR count). The number of hydrogen-bond acceptors (Lipinski definition) is 3. The van der Waals surface area contributed by atoms with Gasteiger partial charge in [-0.15, -0.1) is 0 Å². The summed E-state index contributed by atoms with van der Waals surface area (Å²) >= 11 is 3.49. The van der Waals surface area contributed by atoms with Gasteiger partial charge in [-0.05, 0) is 24.1 Å². The molecule has 1 N–H and O–H groups in total. The van der Waals surface area contributed by atoms with E-state index in [1.54, 1.807) is 0 Å². The van der Waals surface area contributed by atoms with Gasteiger partial charge in [-0.1, -0.05) is 41.4 Å². The van der Waals surface area contributed by atoms with Crippen molar-refractivity contribution in [3.05, 3.63) is 51.9 Å². The van der Waals surface area contributed by atoms with Gasteiger partial charge in [0.25, 0.3) is 0 Å². The number of nitrogens with zero attached hydrogens (tertiary/aromatic N) is 2.